The SMILES string of the molecule is CCCCCOc1ccc(CCC2CCC(C3CCC(CCC)CC3)CC2)nc1. The molecule has 2 saturated carbocycles. The lowest BCUT2D eigenvalue weighted by atomic mass is 9.68. The molecular weight excluding hydrogens is 354 g/mol. The van der Waals surface area contributed by atoms with Crippen LogP contribution in [0.1, 0.15) is 109 Å². The average molecular weight is 400 g/mol. The highest BCUT2D eigenvalue weighted by Gasteiger charge is 2.30. The normalized spacial score (nSPS) is 27.7. The van der Waals surface area contributed by atoms with E-state index in [-0.39, 0.29) is 0 Å². The molecule has 0 bridgehead atoms. The molecule has 2 fully saturated rings. The average Bonchev–Trinajstić information content (AvgIpc) is 2.77. The number of aromatic nitrogens is 1. The van der Waals surface area contributed by atoms with Crippen LogP contribution in [0.3, 0.4) is 0 Å². The Bertz CT molecular complexity index is 538. The van der Waals surface area contributed by atoms with Crippen LogP contribution in [0.2, 0.25) is 0 Å². The van der Waals surface area contributed by atoms with Crippen LogP contribution in [0.4, 0.5) is 0 Å². The molecule has 29 heavy (non-hydrogen) atoms. The van der Waals surface area contributed by atoms with Crippen LogP contribution in [0.5, 0.6) is 5.75 Å². The molecule has 164 valence electrons. The second kappa shape index (κ2) is 12.6. The van der Waals surface area contributed by atoms with Crippen LogP contribution in [-0.4, -0.2) is 11.6 Å². The summed E-state index contributed by atoms with van der Waals surface area (Å²) in [5, 5.41) is 0. The molecule has 1 aromatic rings. The maximum atomic E-state index is 5.78. The van der Waals surface area contributed by atoms with Crippen molar-refractivity contribution < 1.29 is 4.74 Å². The number of rotatable bonds is 11. The predicted octanol–water partition coefficient (Wildman–Crippen LogP) is 8.00. The van der Waals surface area contributed by atoms with E-state index in [1.165, 1.54) is 89.2 Å². The molecule has 0 saturated heterocycles. The highest BCUT2D eigenvalue weighted by atomic mass is 16.5. The Morgan fingerprint density at radius 3 is 2.00 bits per heavy atom. The van der Waals surface area contributed by atoms with E-state index in [4.69, 9.17) is 4.74 Å². The van der Waals surface area contributed by atoms with Gasteiger partial charge in [0.25, 0.3) is 0 Å². The van der Waals surface area contributed by atoms with Crippen molar-refractivity contribution in [1.29, 1.82) is 0 Å². The summed E-state index contributed by atoms with van der Waals surface area (Å²) >= 11 is 0. The van der Waals surface area contributed by atoms with Crippen molar-refractivity contribution in [1.82, 2.24) is 4.98 Å². The molecule has 0 aliphatic heterocycles. The molecule has 0 spiro atoms. The Kier molecular flexibility index (Phi) is 9.83. The van der Waals surface area contributed by atoms with Crippen LogP contribution in [-0.2, 0) is 6.42 Å². The topological polar surface area (TPSA) is 22.1 Å². The van der Waals surface area contributed by atoms with Gasteiger partial charge in [0, 0.05) is 5.69 Å². The molecule has 0 unspecified atom stereocenters. The van der Waals surface area contributed by atoms with Gasteiger partial charge in [0.15, 0.2) is 0 Å². The molecule has 0 amide bonds. The number of nitrogens with zero attached hydrogens (tertiary/aromatic N) is 1. The van der Waals surface area contributed by atoms with Crippen LogP contribution < -0.4 is 4.74 Å². The van der Waals surface area contributed by atoms with E-state index in [2.05, 4.69) is 31.0 Å². The molecule has 0 aromatic carbocycles. The van der Waals surface area contributed by atoms with E-state index in [9.17, 15) is 0 Å². The summed E-state index contributed by atoms with van der Waals surface area (Å²) in [6.07, 6.45) is 22.8. The number of ether oxygens (including phenoxy) is 1. The van der Waals surface area contributed by atoms with E-state index in [0.717, 1.165) is 48.9 Å². The largest absolute Gasteiger partial charge is 0.492 e. The summed E-state index contributed by atoms with van der Waals surface area (Å²) in [4.78, 5) is 4.65. The number of aryl methyl sites for hydroxylation is 1. The third kappa shape index (κ3) is 7.61. The van der Waals surface area contributed by atoms with Gasteiger partial charge in [-0.3, -0.25) is 4.98 Å². The molecule has 0 radical (unpaired) electrons. The fraction of sp³-hybridized carbons (Fsp3) is 0.815. The summed E-state index contributed by atoms with van der Waals surface area (Å²) in [5.41, 5.74) is 1.24. The zero-order valence-electron chi connectivity index (χ0n) is 19.2. The summed E-state index contributed by atoms with van der Waals surface area (Å²) in [6, 6.07) is 4.29. The maximum absolute atomic E-state index is 5.78. The first-order valence-corrected chi connectivity index (χ1v) is 12.9. The van der Waals surface area contributed by atoms with Crippen molar-refractivity contribution in [3.8, 4) is 5.75 Å². The van der Waals surface area contributed by atoms with Gasteiger partial charge >= 0.3 is 0 Å². The van der Waals surface area contributed by atoms with Crippen molar-refractivity contribution in [2.24, 2.45) is 23.7 Å². The van der Waals surface area contributed by atoms with Crippen molar-refractivity contribution in [2.75, 3.05) is 6.61 Å². The Morgan fingerprint density at radius 1 is 0.793 bits per heavy atom. The lowest BCUT2D eigenvalue weighted by Gasteiger charge is -2.38. The number of hydrogen-bond acceptors (Lipinski definition) is 2. The third-order valence-corrected chi connectivity index (χ3v) is 7.77. The summed E-state index contributed by atoms with van der Waals surface area (Å²) in [7, 11) is 0. The van der Waals surface area contributed by atoms with E-state index in [0.29, 0.717) is 0 Å². The number of unbranched alkanes of at least 4 members (excludes halogenated alkanes) is 2. The molecular formula is C27H45NO. The van der Waals surface area contributed by atoms with Crippen molar-refractivity contribution in [3.05, 3.63) is 24.0 Å². The quantitative estimate of drug-likeness (QED) is 0.352. The van der Waals surface area contributed by atoms with Gasteiger partial charge in [-0.05, 0) is 80.8 Å². The smallest absolute Gasteiger partial charge is 0.137 e. The molecule has 1 heterocycles. The van der Waals surface area contributed by atoms with E-state index in [1.807, 2.05) is 6.20 Å². The van der Waals surface area contributed by atoms with Gasteiger partial charge in [0.2, 0.25) is 0 Å². The van der Waals surface area contributed by atoms with Gasteiger partial charge in [0.05, 0.1) is 12.8 Å². The highest BCUT2D eigenvalue weighted by Crippen LogP contribution is 2.42. The Hall–Kier alpha value is -1.05. The Labute approximate surface area is 180 Å². The van der Waals surface area contributed by atoms with Crippen LogP contribution >= 0.6 is 0 Å². The maximum Gasteiger partial charge on any atom is 0.137 e. The van der Waals surface area contributed by atoms with Crippen molar-refractivity contribution >= 4 is 0 Å². The zero-order valence-corrected chi connectivity index (χ0v) is 19.2. The second-order valence-electron chi connectivity index (χ2n) is 9.93. The lowest BCUT2D eigenvalue weighted by Crippen LogP contribution is -2.26. The van der Waals surface area contributed by atoms with Gasteiger partial charge < -0.3 is 4.74 Å². The highest BCUT2D eigenvalue weighted by molar-refractivity contribution is 5.19. The summed E-state index contributed by atoms with van der Waals surface area (Å²) in [5.74, 6) is 4.99. The van der Waals surface area contributed by atoms with E-state index in [1.54, 1.807) is 0 Å². The van der Waals surface area contributed by atoms with Crippen molar-refractivity contribution in [2.45, 2.75) is 110 Å². The van der Waals surface area contributed by atoms with Gasteiger partial charge in [-0.1, -0.05) is 65.2 Å². The van der Waals surface area contributed by atoms with E-state index >= 15 is 0 Å². The molecule has 1 aromatic heterocycles. The molecule has 2 nitrogen and oxygen atoms in total. The van der Waals surface area contributed by atoms with Crippen LogP contribution in [0, 0.1) is 23.7 Å². The second-order valence-corrected chi connectivity index (χ2v) is 9.93. The monoisotopic (exact) mass is 399 g/mol. The van der Waals surface area contributed by atoms with Crippen LogP contribution in [0.15, 0.2) is 18.3 Å². The fourth-order valence-corrected chi connectivity index (χ4v) is 5.84. The summed E-state index contributed by atoms with van der Waals surface area (Å²) in [6.45, 7) is 5.39. The standard InChI is InChI=1S/C27H45NO/c1-3-5-6-20-29-27-19-18-26(28-21-27)17-12-23-10-15-25(16-11-23)24-13-8-22(7-4-2)9-14-24/h18-19,21-25H,3-17,20H2,1-2H3. The minimum Gasteiger partial charge on any atom is -0.492 e. The third-order valence-electron chi connectivity index (χ3n) is 7.77. The van der Waals surface area contributed by atoms with Gasteiger partial charge in [-0.25, -0.2) is 0 Å². The van der Waals surface area contributed by atoms with E-state index < -0.39 is 0 Å². The molecule has 0 atom stereocenters. The van der Waals surface area contributed by atoms with Gasteiger partial charge in [-0.2, -0.15) is 0 Å². The molecule has 0 N–H and O–H groups in total. The number of pyridine rings is 1. The fourth-order valence-electron chi connectivity index (χ4n) is 5.84. The molecule has 2 heteroatoms. The lowest BCUT2D eigenvalue weighted by molar-refractivity contribution is 0.141. The first kappa shape index (κ1) is 22.6. The van der Waals surface area contributed by atoms with Gasteiger partial charge in [0.1, 0.15) is 5.75 Å². The number of hydrogen-bond donors (Lipinski definition) is 0. The first-order chi connectivity index (χ1) is 14.3. The minimum atomic E-state index is 0.818. The molecule has 2 aliphatic carbocycles. The Balaban J connectivity index is 1.31. The first-order valence-electron chi connectivity index (χ1n) is 12.9. The minimum absolute atomic E-state index is 0.818. The predicted molar refractivity (Wildman–Crippen MR) is 123 cm³/mol. The Morgan fingerprint density at radius 2 is 1.45 bits per heavy atom. The van der Waals surface area contributed by atoms with Crippen molar-refractivity contribution in [3.63, 3.8) is 0 Å². The van der Waals surface area contributed by atoms with Gasteiger partial charge in [-0.15, -0.1) is 0 Å². The zero-order chi connectivity index (χ0) is 20.3. The molecule has 3 rings (SSSR count). The molecule has 2 aliphatic rings. The van der Waals surface area contributed by atoms with Crippen LogP contribution in [0.25, 0.3) is 0 Å². The summed E-state index contributed by atoms with van der Waals surface area (Å²) < 4.78 is 5.78.